The van der Waals surface area contributed by atoms with E-state index in [0.717, 1.165) is 5.69 Å². The third kappa shape index (κ3) is 3.11. The van der Waals surface area contributed by atoms with Crippen LogP contribution in [0.2, 0.25) is 0 Å². The number of pyridine rings is 1. The Bertz CT molecular complexity index is 272. The van der Waals surface area contributed by atoms with Crippen molar-refractivity contribution >= 4 is 6.09 Å². The van der Waals surface area contributed by atoms with Crippen molar-refractivity contribution in [2.45, 2.75) is 6.61 Å². The Morgan fingerprint density at radius 1 is 1.54 bits per heavy atom. The van der Waals surface area contributed by atoms with Gasteiger partial charge in [0, 0.05) is 20.3 Å². The van der Waals surface area contributed by atoms with Gasteiger partial charge in [0.05, 0.1) is 5.69 Å². The van der Waals surface area contributed by atoms with E-state index in [1.54, 1.807) is 20.3 Å². The lowest BCUT2D eigenvalue weighted by Gasteiger charge is -2.10. The first-order chi connectivity index (χ1) is 6.20. The third-order valence-electron chi connectivity index (χ3n) is 1.43. The molecule has 0 aliphatic carbocycles. The maximum atomic E-state index is 11.0. The Hall–Kier alpha value is -1.58. The molecule has 1 rings (SSSR count). The van der Waals surface area contributed by atoms with Crippen LogP contribution in [0.3, 0.4) is 0 Å². The van der Waals surface area contributed by atoms with Crippen molar-refractivity contribution in [2.24, 2.45) is 0 Å². The number of carbonyl (C=O) groups is 1. The zero-order chi connectivity index (χ0) is 9.68. The van der Waals surface area contributed by atoms with Crippen LogP contribution in [0, 0.1) is 0 Å². The largest absolute Gasteiger partial charge is 0.443 e. The highest BCUT2D eigenvalue weighted by Gasteiger charge is 2.04. The molecule has 0 saturated carbocycles. The van der Waals surface area contributed by atoms with Crippen molar-refractivity contribution < 1.29 is 9.53 Å². The summed E-state index contributed by atoms with van der Waals surface area (Å²) in [5.41, 5.74) is 0.748. The van der Waals surface area contributed by atoms with E-state index in [2.05, 4.69) is 4.98 Å². The lowest BCUT2D eigenvalue weighted by Crippen LogP contribution is -2.22. The predicted molar refractivity (Wildman–Crippen MR) is 48.1 cm³/mol. The van der Waals surface area contributed by atoms with Crippen LogP contribution in [-0.2, 0) is 11.3 Å². The molecule has 70 valence electrons. The number of hydrogen-bond acceptors (Lipinski definition) is 3. The second-order valence-electron chi connectivity index (χ2n) is 2.77. The molecule has 4 heteroatoms. The van der Waals surface area contributed by atoms with Crippen molar-refractivity contribution in [3.05, 3.63) is 30.1 Å². The Morgan fingerprint density at radius 3 is 2.85 bits per heavy atom. The number of amides is 1. The minimum atomic E-state index is -0.356. The Balaban J connectivity index is 2.40. The van der Waals surface area contributed by atoms with Crippen LogP contribution in [0.1, 0.15) is 5.69 Å². The number of nitrogens with zero attached hydrogens (tertiary/aromatic N) is 2. The smallest absolute Gasteiger partial charge is 0.409 e. The second-order valence-corrected chi connectivity index (χ2v) is 2.77. The summed E-state index contributed by atoms with van der Waals surface area (Å²) in [6.07, 6.45) is 1.31. The van der Waals surface area contributed by atoms with Crippen molar-refractivity contribution in [3.8, 4) is 0 Å². The van der Waals surface area contributed by atoms with Crippen LogP contribution in [0.5, 0.6) is 0 Å². The van der Waals surface area contributed by atoms with Crippen molar-refractivity contribution in [1.29, 1.82) is 0 Å². The molecule has 1 amide bonds. The molecule has 4 nitrogen and oxygen atoms in total. The van der Waals surface area contributed by atoms with Crippen LogP contribution in [0.15, 0.2) is 24.4 Å². The molecule has 0 aliphatic rings. The van der Waals surface area contributed by atoms with Gasteiger partial charge in [-0.15, -0.1) is 0 Å². The fourth-order valence-corrected chi connectivity index (χ4v) is 0.748. The van der Waals surface area contributed by atoms with E-state index in [0.29, 0.717) is 0 Å². The van der Waals surface area contributed by atoms with Gasteiger partial charge in [-0.1, -0.05) is 6.07 Å². The Kier molecular flexibility index (Phi) is 3.25. The average molecular weight is 180 g/mol. The molecule has 0 saturated heterocycles. The summed E-state index contributed by atoms with van der Waals surface area (Å²) in [6.45, 7) is 0.220. The molecule has 0 aliphatic heterocycles. The van der Waals surface area contributed by atoms with E-state index in [4.69, 9.17) is 4.74 Å². The van der Waals surface area contributed by atoms with Gasteiger partial charge in [0.15, 0.2) is 0 Å². The van der Waals surface area contributed by atoms with Gasteiger partial charge in [0.25, 0.3) is 0 Å². The average Bonchev–Trinajstić information content (AvgIpc) is 2.15. The first kappa shape index (κ1) is 9.51. The van der Waals surface area contributed by atoms with Gasteiger partial charge in [0.1, 0.15) is 6.61 Å². The van der Waals surface area contributed by atoms with Crippen LogP contribution in [0.25, 0.3) is 0 Å². The molecule has 0 bridgehead atoms. The highest BCUT2D eigenvalue weighted by atomic mass is 16.6. The van der Waals surface area contributed by atoms with E-state index in [-0.39, 0.29) is 12.7 Å². The highest BCUT2D eigenvalue weighted by Crippen LogP contribution is 1.97. The van der Waals surface area contributed by atoms with E-state index in [9.17, 15) is 4.79 Å². The molecule has 0 fully saturated rings. The number of rotatable bonds is 2. The summed E-state index contributed by atoms with van der Waals surface area (Å²) in [4.78, 5) is 16.4. The van der Waals surface area contributed by atoms with Crippen molar-refractivity contribution in [1.82, 2.24) is 9.88 Å². The van der Waals surface area contributed by atoms with E-state index in [1.807, 2.05) is 18.2 Å². The summed E-state index contributed by atoms with van der Waals surface area (Å²) in [5, 5.41) is 0. The monoisotopic (exact) mass is 180 g/mol. The van der Waals surface area contributed by atoms with Gasteiger partial charge in [-0.2, -0.15) is 0 Å². The van der Waals surface area contributed by atoms with E-state index < -0.39 is 0 Å². The van der Waals surface area contributed by atoms with Gasteiger partial charge < -0.3 is 9.64 Å². The highest BCUT2D eigenvalue weighted by molar-refractivity contribution is 5.66. The summed E-state index contributed by atoms with van der Waals surface area (Å²) in [6, 6.07) is 5.48. The topological polar surface area (TPSA) is 42.4 Å². The molecule has 0 radical (unpaired) electrons. The lowest BCUT2D eigenvalue weighted by atomic mass is 10.4. The maximum Gasteiger partial charge on any atom is 0.409 e. The van der Waals surface area contributed by atoms with Crippen LogP contribution < -0.4 is 0 Å². The van der Waals surface area contributed by atoms with Crippen LogP contribution in [0.4, 0.5) is 4.79 Å². The molecule has 0 N–H and O–H groups in total. The molecule has 0 spiro atoms. The van der Waals surface area contributed by atoms with Gasteiger partial charge >= 0.3 is 6.09 Å². The molecule has 13 heavy (non-hydrogen) atoms. The summed E-state index contributed by atoms with van der Waals surface area (Å²) < 4.78 is 4.91. The Morgan fingerprint density at radius 2 is 2.31 bits per heavy atom. The standard InChI is InChI=1S/C9H12N2O2/c1-11(2)9(12)13-7-8-5-3-4-6-10-8/h3-6H,7H2,1-2H3. The summed E-state index contributed by atoms with van der Waals surface area (Å²) in [7, 11) is 3.28. The minimum absolute atomic E-state index is 0.220. The van der Waals surface area contributed by atoms with E-state index >= 15 is 0 Å². The molecular formula is C9H12N2O2. The summed E-state index contributed by atoms with van der Waals surface area (Å²) in [5.74, 6) is 0. The van der Waals surface area contributed by atoms with Gasteiger partial charge in [0.2, 0.25) is 0 Å². The Labute approximate surface area is 77.1 Å². The molecule has 0 atom stereocenters. The quantitative estimate of drug-likeness (QED) is 0.688. The maximum absolute atomic E-state index is 11.0. The summed E-state index contributed by atoms with van der Waals surface area (Å²) >= 11 is 0. The number of aromatic nitrogens is 1. The van der Waals surface area contributed by atoms with Gasteiger partial charge in [-0.25, -0.2) is 4.79 Å². The molecule has 0 unspecified atom stereocenters. The molecule has 1 aromatic rings. The number of carbonyl (C=O) groups excluding carboxylic acids is 1. The third-order valence-corrected chi connectivity index (χ3v) is 1.43. The zero-order valence-corrected chi connectivity index (χ0v) is 7.73. The lowest BCUT2D eigenvalue weighted by molar-refractivity contribution is 0.111. The molecule has 1 aromatic heterocycles. The minimum Gasteiger partial charge on any atom is -0.443 e. The van der Waals surface area contributed by atoms with Crippen LogP contribution >= 0.6 is 0 Å². The number of hydrogen-bond donors (Lipinski definition) is 0. The second kappa shape index (κ2) is 4.45. The van der Waals surface area contributed by atoms with Gasteiger partial charge in [-0.05, 0) is 12.1 Å². The van der Waals surface area contributed by atoms with E-state index in [1.165, 1.54) is 4.90 Å². The van der Waals surface area contributed by atoms with Gasteiger partial charge in [-0.3, -0.25) is 4.98 Å². The first-order valence-corrected chi connectivity index (χ1v) is 3.94. The SMILES string of the molecule is CN(C)C(=O)OCc1ccccn1. The molecule has 0 aromatic carbocycles. The fraction of sp³-hybridized carbons (Fsp3) is 0.333. The van der Waals surface area contributed by atoms with Crippen molar-refractivity contribution in [2.75, 3.05) is 14.1 Å². The first-order valence-electron chi connectivity index (χ1n) is 3.94. The molecule has 1 heterocycles. The normalized spacial score (nSPS) is 9.38. The number of ether oxygens (including phenoxy) is 1. The van der Waals surface area contributed by atoms with Crippen LogP contribution in [-0.4, -0.2) is 30.1 Å². The van der Waals surface area contributed by atoms with Crippen molar-refractivity contribution in [3.63, 3.8) is 0 Å². The molecular weight excluding hydrogens is 168 g/mol. The zero-order valence-electron chi connectivity index (χ0n) is 7.73. The fourth-order valence-electron chi connectivity index (χ4n) is 0.748. The predicted octanol–water partition coefficient (Wildman–Crippen LogP) is 1.28.